The van der Waals surface area contributed by atoms with Gasteiger partial charge in [-0.05, 0) is 37.5 Å². The van der Waals surface area contributed by atoms with Gasteiger partial charge in [-0.25, -0.2) is 9.97 Å². The zero-order valence-electron chi connectivity index (χ0n) is 16.5. The first kappa shape index (κ1) is 17.9. The fraction of sp³-hybridized carbons (Fsp3) is 0.348. The van der Waals surface area contributed by atoms with E-state index in [9.17, 15) is 0 Å². The van der Waals surface area contributed by atoms with Gasteiger partial charge in [-0.2, -0.15) is 0 Å². The molecule has 0 N–H and O–H groups in total. The lowest BCUT2D eigenvalue weighted by Gasteiger charge is -2.30. The number of ether oxygens (including phenoxy) is 2. The van der Waals surface area contributed by atoms with Crippen LogP contribution in [0.1, 0.15) is 37.1 Å². The molecule has 29 heavy (non-hydrogen) atoms. The predicted molar refractivity (Wildman–Crippen MR) is 111 cm³/mol. The van der Waals surface area contributed by atoms with Crippen molar-refractivity contribution in [3.8, 4) is 23.0 Å². The van der Waals surface area contributed by atoms with Crippen LogP contribution >= 0.6 is 0 Å². The minimum atomic E-state index is 0.211. The maximum absolute atomic E-state index is 5.99. The summed E-state index contributed by atoms with van der Waals surface area (Å²) < 4.78 is 11.8. The molecule has 1 saturated heterocycles. The normalized spacial score (nSPS) is 18.1. The summed E-state index contributed by atoms with van der Waals surface area (Å²) >= 11 is 0. The summed E-state index contributed by atoms with van der Waals surface area (Å²) in [6, 6.07) is 14.3. The third kappa shape index (κ3) is 3.39. The fourth-order valence-corrected chi connectivity index (χ4v) is 4.14. The average Bonchev–Trinajstić information content (AvgIpc) is 3.29. The van der Waals surface area contributed by atoms with Crippen molar-refractivity contribution in [3.05, 3.63) is 59.9 Å². The summed E-state index contributed by atoms with van der Waals surface area (Å²) in [5, 5.41) is 0. The van der Waals surface area contributed by atoms with Gasteiger partial charge in [0.25, 0.3) is 0 Å². The topological polar surface area (TPSA) is 60.4 Å². The molecule has 1 atom stereocenters. The van der Waals surface area contributed by atoms with Crippen LogP contribution in [0.3, 0.4) is 0 Å². The van der Waals surface area contributed by atoms with E-state index >= 15 is 0 Å². The van der Waals surface area contributed by atoms with Gasteiger partial charge in [0.1, 0.15) is 24.7 Å². The maximum atomic E-state index is 5.99. The summed E-state index contributed by atoms with van der Waals surface area (Å²) in [7, 11) is 0. The molecule has 5 rings (SSSR count). The van der Waals surface area contributed by atoms with E-state index < -0.39 is 0 Å². The van der Waals surface area contributed by atoms with E-state index in [1.165, 1.54) is 5.56 Å². The minimum Gasteiger partial charge on any atom is -0.486 e. The number of aromatic nitrogens is 3. The molecule has 4 heterocycles. The lowest BCUT2D eigenvalue weighted by Crippen LogP contribution is -2.26. The Balaban J connectivity index is 1.55. The van der Waals surface area contributed by atoms with Crippen LogP contribution in [0, 0.1) is 0 Å². The Morgan fingerprint density at radius 1 is 1.07 bits per heavy atom. The van der Waals surface area contributed by atoms with Gasteiger partial charge in [-0.15, -0.1) is 0 Å². The van der Waals surface area contributed by atoms with Crippen LogP contribution < -0.4 is 14.4 Å². The van der Waals surface area contributed by atoms with Gasteiger partial charge in [0.05, 0.1) is 6.04 Å². The van der Waals surface area contributed by atoms with E-state index in [-0.39, 0.29) is 6.04 Å². The Morgan fingerprint density at radius 2 is 2.00 bits per heavy atom. The van der Waals surface area contributed by atoms with Gasteiger partial charge < -0.3 is 14.4 Å². The Labute approximate surface area is 170 Å². The number of rotatable bonds is 4. The van der Waals surface area contributed by atoms with Crippen LogP contribution in [0.4, 0.5) is 5.82 Å². The van der Waals surface area contributed by atoms with Gasteiger partial charge in [-0.3, -0.25) is 4.98 Å². The number of benzene rings is 1. The van der Waals surface area contributed by atoms with Crippen molar-refractivity contribution in [2.24, 2.45) is 0 Å². The molecule has 2 aliphatic rings. The highest BCUT2D eigenvalue weighted by atomic mass is 16.6. The molecule has 1 aromatic carbocycles. The van der Waals surface area contributed by atoms with Crippen LogP contribution in [0.2, 0.25) is 0 Å². The monoisotopic (exact) mass is 388 g/mol. The molecule has 1 fully saturated rings. The molecule has 0 saturated carbocycles. The third-order valence-electron chi connectivity index (χ3n) is 5.52. The van der Waals surface area contributed by atoms with Crippen LogP contribution in [0.15, 0.2) is 48.7 Å². The number of fused-ring (bicyclic) bond motifs is 1. The zero-order valence-corrected chi connectivity index (χ0v) is 16.5. The average molecular weight is 388 g/mol. The molecule has 148 valence electrons. The third-order valence-corrected chi connectivity index (χ3v) is 5.52. The molecule has 0 spiro atoms. The van der Waals surface area contributed by atoms with Crippen molar-refractivity contribution in [1.82, 2.24) is 15.0 Å². The van der Waals surface area contributed by atoms with Crippen molar-refractivity contribution in [1.29, 1.82) is 0 Å². The van der Waals surface area contributed by atoms with E-state index in [2.05, 4.69) is 35.0 Å². The second kappa shape index (κ2) is 7.70. The number of anilines is 1. The van der Waals surface area contributed by atoms with E-state index in [0.717, 1.165) is 54.5 Å². The van der Waals surface area contributed by atoms with Crippen molar-refractivity contribution >= 4 is 5.82 Å². The Hall–Kier alpha value is -3.15. The van der Waals surface area contributed by atoms with Crippen molar-refractivity contribution in [2.75, 3.05) is 24.7 Å². The summed E-state index contributed by atoms with van der Waals surface area (Å²) in [6.07, 6.45) is 4.80. The van der Waals surface area contributed by atoms with Crippen molar-refractivity contribution in [2.45, 2.75) is 32.2 Å². The first-order valence-corrected chi connectivity index (χ1v) is 10.3. The highest BCUT2D eigenvalue weighted by Gasteiger charge is 2.32. The summed E-state index contributed by atoms with van der Waals surface area (Å²) in [5.74, 6) is 3.35. The van der Waals surface area contributed by atoms with E-state index in [1.54, 1.807) is 6.20 Å². The smallest absolute Gasteiger partial charge is 0.180 e. The number of nitrogens with zero attached hydrogens (tertiary/aromatic N) is 4. The van der Waals surface area contributed by atoms with Crippen LogP contribution in [0.5, 0.6) is 11.5 Å². The minimum absolute atomic E-state index is 0.211. The molecule has 0 bridgehead atoms. The van der Waals surface area contributed by atoms with Gasteiger partial charge >= 0.3 is 0 Å². The number of aryl methyl sites for hydroxylation is 1. The first-order valence-electron chi connectivity index (χ1n) is 10.3. The Morgan fingerprint density at radius 3 is 2.86 bits per heavy atom. The molecule has 3 aromatic rings. The number of hydrogen-bond acceptors (Lipinski definition) is 6. The van der Waals surface area contributed by atoms with Gasteiger partial charge in [0.15, 0.2) is 17.3 Å². The quantitative estimate of drug-likeness (QED) is 0.667. The second-order valence-electron chi connectivity index (χ2n) is 7.33. The molecule has 6 nitrogen and oxygen atoms in total. The molecule has 0 radical (unpaired) electrons. The number of pyridine rings is 1. The van der Waals surface area contributed by atoms with Crippen molar-refractivity contribution in [3.63, 3.8) is 0 Å². The van der Waals surface area contributed by atoms with E-state index in [1.807, 2.05) is 24.3 Å². The molecule has 2 aliphatic heterocycles. The molecule has 6 heteroatoms. The highest BCUT2D eigenvalue weighted by Crippen LogP contribution is 2.44. The lowest BCUT2D eigenvalue weighted by molar-refractivity contribution is 0.169. The summed E-state index contributed by atoms with van der Waals surface area (Å²) in [5.41, 5.74) is 3.00. The highest BCUT2D eigenvalue weighted by molar-refractivity contribution is 5.57. The molecule has 2 aromatic heterocycles. The van der Waals surface area contributed by atoms with Crippen molar-refractivity contribution < 1.29 is 9.47 Å². The van der Waals surface area contributed by atoms with Crippen LogP contribution in [0.25, 0.3) is 11.5 Å². The lowest BCUT2D eigenvalue weighted by atomic mass is 10.0. The van der Waals surface area contributed by atoms with E-state index in [4.69, 9.17) is 19.4 Å². The van der Waals surface area contributed by atoms with Crippen LogP contribution in [-0.4, -0.2) is 34.7 Å². The van der Waals surface area contributed by atoms with Crippen LogP contribution in [-0.2, 0) is 6.42 Å². The molecule has 0 amide bonds. The largest absolute Gasteiger partial charge is 0.486 e. The Kier molecular flexibility index (Phi) is 4.76. The standard InChI is InChI=1S/C23H24N4O2/c1-2-16-15-21(26-23(25-16)18-8-3-4-11-24-18)27-12-6-9-19(27)17-7-5-10-20-22(17)29-14-13-28-20/h3-5,7-8,10-11,15,19H,2,6,9,12-14H2,1H3. The zero-order chi connectivity index (χ0) is 19.6. The molecular formula is C23H24N4O2. The van der Waals surface area contributed by atoms with Gasteiger partial charge in [0, 0.05) is 30.1 Å². The molecular weight excluding hydrogens is 364 g/mol. The Bertz CT molecular complexity index is 1010. The molecule has 1 unspecified atom stereocenters. The molecule has 0 aliphatic carbocycles. The number of hydrogen-bond donors (Lipinski definition) is 0. The summed E-state index contributed by atoms with van der Waals surface area (Å²) in [6.45, 7) is 4.27. The van der Waals surface area contributed by atoms with E-state index in [0.29, 0.717) is 19.0 Å². The SMILES string of the molecule is CCc1cc(N2CCCC2c2cccc3c2OCCO3)nc(-c2ccccn2)n1. The number of para-hydroxylation sites is 1. The van der Waals surface area contributed by atoms with Gasteiger partial charge in [0.2, 0.25) is 0 Å². The first-order chi connectivity index (χ1) is 14.3. The predicted octanol–water partition coefficient (Wildman–Crippen LogP) is 4.21. The summed E-state index contributed by atoms with van der Waals surface area (Å²) in [4.78, 5) is 16.4. The maximum Gasteiger partial charge on any atom is 0.180 e. The van der Waals surface area contributed by atoms with Gasteiger partial charge in [-0.1, -0.05) is 25.1 Å². The fourth-order valence-electron chi connectivity index (χ4n) is 4.14. The second-order valence-corrected chi connectivity index (χ2v) is 7.33.